The summed E-state index contributed by atoms with van der Waals surface area (Å²) < 4.78 is 0. The average molecular weight is 242 g/mol. The molecule has 0 atom stereocenters. The van der Waals surface area contributed by atoms with Crippen molar-refractivity contribution in [2.75, 3.05) is 0 Å². The fourth-order valence-electron chi connectivity index (χ4n) is 1.82. The average Bonchev–Trinajstić information content (AvgIpc) is 2.39. The van der Waals surface area contributed by atoms with Crippen molar-refractivity contribution in [3.05, 3.63) is 54.2 Å². The largest absolute Gasteiger partial charge is 0.264 e. The van der Waals surface area contributed by atoms with Crippen LogP contribution in [0.3, 0.4) is 0 Å². The van der Waals surface area contributed by atoms with Crippen LogP contribution in [0.15, 0.2) is 49.1 Å². The fourth-order valence-corrected chi connectivity index (χ4v) is 2.03. The Bertz CT molecular complexity index is 677. The normalized spacial score (nSPS) is 10.6. The van der Waals surface area contributed by atoms with Crippen molar-refractivity contribution in [1.29, 1.82) is 0 Å². The van der Waals surface area contributed by atoms with Crippen LogP contribution in [0.4, 0.5) is 0 Å². The molecule has 4 heteroatoms. The molecule has 17 heavy (non-hydrogen) atoms. The molecular formula is C13H8ClN3. The van der Waals surface area contributed by atoms with Gasteiger partial charge in [0.1, 0.15) is 5.69 Å². The second kappa shape index (κ2) is 4.11. The van der Waals surface area contributed by atoms with E-state index in [1.165, 1.54) is 0 Å². The molecule has 0 aliphatic rings. The Kier molecular flexibility index (Phi) is 2.46. The quantitative estimate of drug-likeness (QED) is 0.656. The molecule has 0 bridgehead atoms. The summed E-state index contributed by atoms with van der Waals surface area (Å²) in [7, 11) is 0. The predicted molar refractivity (Wildman–Crippen MR) is 67.8 cm³/mol. The van der Waals surface area contributed by atoms with E-state index in [0.717, 1.165) is 16.3 Å². The number of fused-ring (bicyclic) bond motifs is 1. The molecule has 2 aromatic heterocycles. The van der Waals surface area contributed by atoms with Gasteiger partial charge in [-0.2, -0.15) is 0 Å². The lowest BCUT2D eigenvalue weighted by molar-refractivity contribution is 1.21. The van der Waals surface area contributed by atoms with Crippen LogP contribution < -0.4 is 0 Å². The molecule has 82 valence electrons. The van der Waals surface area contributed by atoms with Crippen LogP contribution in [0.5, 0.6) is 0 Å². The highest BCUT2D eigenvalue weighted by atomic mass is 35.5. The molecule has 2 heterocycles. The number of halogens is 1. The first-order valence-corrected chi connectivity index (χ1v) is 5.53. The van der Waals surface area contributed by atoms with E-state index in [9.17, 15) is 0 Å². The van der Waals surface area contributed by atoms with E-state index < -0.39 is 0 Å². The maximum Gasteiger partial charge on any atom is 0.155 e. The highest BCUT2D eigenvalue weighted by Crippen LogP contribution is 2.29. The van der Waals surface area contributed by atoms with Gasteiger partial charge in [0.05, 0.1) is 0 Å². The first kappa shape index (κ1) is 10.2. The second-order valence-corrected chi connectivity index (χ2v) is 3.96. The van der Waals surface area contributed by atoms with Gasteiger partial charge >= 0.3 is 0 Å². The van der Waals surface area contributed by atoms with E-state index in [0.29, 0.717) is 10.8 Å². The third-order valence-electron chi connectivity index (χ3n) is 2.59. The summed E-state index contributed by atoms with van der Waals surface area (Å²) in [4.78, 5) is 12.5. The molecule has 3 aromatic rings. The lowest BCUT2D eigenvalue weighted by Gasteiger charge is -2.06. The summed E-state index contributed by atoms with van der Waals surface area (Å²) in [6.07, 6.45) is 6.80. The van der Waals surface area contributed by atoms with E-state index in [1.54, 1.807) is 18.6 Å². The molecule has 3 rings (SSSR count). The summed E-state index contributed by atoms with van der Waals surface area (Å²) >= 11 is 6.07. The van der Waals surface area contributed by atoms with Crippen molar-refractivity contribution in [3.63, 3.8) is 0 Å². The molecule has 0 aliphatic heterocycles. The van der Waals surface area contributed by atoms with Crippen LogP contribution in [0.1, 0.15) is 0 Å². The molecule has 1 aromatic carbocycles. The predicted octanol–water partition coefficient (Wildman–Crippen LogP) is 3.35. The highest BCUT2D eigenvalue weighted by molar-refractivity contribution is 6.32. The van der Waals surface area contributed by atoms with E-state index in [-0.39, 0.29) is 0 Å². The topological polar surface area (TPSA) is 38.7 Å². The van der Waals surface area contributed by atoms with Gasteiger partial charge in [-0.1, -0.05) is 29.8 Å². The Morgan fingerprint density at radius 1 is 0.941 bits per heavy atom. The highest BCUT2D eigenvalue weighted by Gasteiger charge is 2.08. The molecule has 0 fully saturated rings. The SMILES string of the molecule is Clc1nccnc1-c1cccc2ccncc12. The lowest BCUT2D eigenvalue weighted by Crippen LogP contribution is -1.89. The molecular weight excluding hydrogens is 234 g/mol. The number of nitrogens with zero attached hydrogens (tertiary/aromatic N) is 3. The van der Waals surface area contributed by atoms with Gasteiger partial charge in [-0.3, -0.25) is 9.97 Å². The van der Waals surface area contributed by atoms with E-state index >= 15 is 0 Å². The van der Waals surface area contributed by atoms with Crippen LogP contribution in [0.2, 0.25) is 5.15 Å². The number of rotatable bonds is 1. The van der Waals surface area contributed by atoms with E-state index in [2.05, 4.69) is 15.0 Å². The van der Waals surface area contributed by atoms with Crippen molar-refractivity contribution in [3.8, 4) is 11.3 Å². The van der Waals surface area contributed by atoms with Gasteiger partial charge in [-0.25, -0.2) is 4.98 Å². The number of hydrogen-bond donors (Lipinski definition) is 0. The first-order chi connectivity index (χ1) is 8.36. The van der Waals surface area contributed by atoms with Gasteiger partial charge in [0.15, 0.2) is 5.15 Å². The standard InChI is InChI=1S/C13H8ClN3/c14-13-12(16-6-7-17-13)10-3-1-2-9-4-5-15-8-11(9)10/h1-8H. The molecule has 0 spiro atoms. The third kappa shape index (κ3) is 1.74. The molecule has 0 saturated heterocycles. The third-order valence-corrected chi connectivity index (χ3v) is 2.87. The molecule has 0 unspecified atom stereocenters. The summed E-state index contributed by atoms with van der Waals surface area (Å²) in [6, 6.07) is 7.94. The number of hydrogen-bond acceptors (Lipinski definition) is 3. The molecule has 0 radical (unpaired) electrons. The summed E-state index contributed by atoms with van der Waals surface area (Å²) in [5, 5.41) is 2.54. The fraction of sp³-hybridized carbons (Fsp3) is 0. The lowest BCUT2D eigenvalue weighted by atomic mass is 10.0. The Morgan fingerprint density at radius 2 is 1.82 bits per heavy atom. The van der Waals surface area contributed by atoms with Gasteiger partial charge in [0.25, 0.3) is 0 Å². The number of aromatic nitrogens is 3. The minimum absolute atomic E-state index is 0.406. The van der Waals surface area contributed by atoms with Crippen LogP contribution in [0, 0.1) is 0 Å². The Labute approximate surface area is 103 Å². The monoisotopic (exact) mass is 241 g/mol. The molecule has 0 aliphatic carbocycles. The van der Waals surface area contributed by atoms with E-state index in [4.69, 9.17) is 11.6 Å². The summed E-state index contributed by atoms with van der Waals surface area (Å²) in [5.74, 6) is 0. The number of benzene rings is 1. The van der Waals surface area contributed by atoms with Crippen LogP contribution in [0.25, 0.3) is 22.0 Å². The van der Waals surface area contributed by atoms with Gasteiger partial charge in [0, 0.05) is 35.7 Å². The smallest absolute Gasteiger partial charge is 0.155 e. The minimum Gasteiger partial charge on any atom is -0.264 e. The zero-order valence-electron chi connectivity index (χ0n) is 8.84. The van der Waals surface area contributed by atoms with Crippen molar-refractivity contribution in [2.24, 2.45) is 0 Å². The Balaban J connectivity index is 2.35. The van der Waals surface area contributed by atoms with Crippen LogP contribution in [-0.4, -0.2) is 15.0 Å². The summed E-state index contributed by atoms with van der Waals surface area (Å²) in [5.41, 5.74) is 1.64. The van der Waals surface area contributed by atoms with Crippen LogP contribution in [-0.2, 0) is 0 Å². The molecule has 0 N–H and O–H groups in total. The van der Waals surface area contributed by atoms with Crippen molar-refractivity contribution >= 4 is 22.4 Å². The van der Waals surface area contributed by atoms with Crippen LogP contribution >= 0.6 is 11.6 Å². The minimum atomic E-state index is 0.406. The van der Waals surface area contributed by atoms with Gasteiger partial charge in [0.2, 0.25) is 0 Å². The number of pyridine rings is 1. The van der Waals surface area contributed by atoms with Gasteiger partial charge in [-0.15, -0.1) is 0 Å². The maximum absolute atomic E-state index is 6.07. The first-order valence-electron chi connectivity index (χ1n) is 5.16. The Hall–Kier alpha value is -2.00. The van der Waals surface area contributed by atoms with Gasteiger partial charge < -0.3 is 0 Å². The van der Waals surface area contributed by atoms with E-state index in [1.807, 2.05) is 30.5 Å². The Morgan fingerprint density at radius 3 is 2.71 bits per heavy atom. The zero-order chi connectivity index (χ0) is 11.7. The molecule has 3 nitrogen and oxygen atoms in total. The molecule has 0 amide bonds. The summed E-state index contributed by atoms with van der Waals surface area (Å²) in [6.45, 7) is 0. The van der Waals surface area contributed by atoms with Crippen molar-refractivity contribution in [2.45, 2.75) is 0 Å². The zero-order valence-corrected chi connectivity index (χ0v) is 9.59. The second-order valence-electron chi connectivity index (χ2n) is 3.60. The van der Waals surface area contributed by atoms with Crippen molar-refractivity contribution < 1.29 is 0 Å². The van der Waals surface area contributed by atoms with Crippen molar-refractivity contribution in [1.82, 2.24) is 15.0 Å². The molecule has 0 saturated carbocycles. The maximum atomic E-state index is 6.07. The van der Waals surface area contributed by atoms with Gasteiger partial charge in [-0.05, 0) is 11.5 Å².